The van der Waals surface area contributed by atoms with Gasteiger partial charge >= 0.3 is 0 Å². The molecule has 1 aliphatic heterocycles. The molecular weight excluding hydrogens is 390 g/mol. The lowest BCUT2D eigenvalue weighted by Gasteiger charge is -2.34. The van der Waals surface area contributed by atoms with Crippen LogP contribution < -0.4 is 9.62 Å². The number of piperazine rings is 1. The predicted molar refractivity (Wildman–Crippen MR) is 112 cm³/mol. The quantitative estimate of drug-likeness (QED) is 0.432. The summed E-state index contributed by atoms with van der Waals surface area (Å²) in [5.41, 5.74) is 0. The molecule has 9 nitrogen and oxygen atoms in total. The zero-order valence-electron chi connectivity index (χ0n) is 17.1. The standard InChI is InChI=1S/C19H31N7O2S/c1-2-3-9-22-29(27,28)18-7-10-20-19(23-18)25-16-14-24(15-17-25)11-4-5-12-26-13-6-8-21-26/h6-8,10,13,22H,2-5,9,11-12,14-17H2,1H3. The number of anilines is 1. The molecule has 0 atom stereocenters. The van der Waals surface area contributed by atoms with Crippen LogP contribution in [0, 0.1) is 0 Å². The molecule has 0 radical (unpaired) electrons. The molecule has 1 fully saturated rings. The van der Waals surface area contributed by atoms with Gasteiger partial charge in [0.15, 0.2) is 5.03 Å². The Kier molecular flexibility index (Phi) is 7.96. The minimum Gasteiger partial charge on any atom is -0.338 e. The van der Waals surface area contributed by atoms with Gasteiger partial charge in [0.2, 0.25) is 5.95 Å². The number of aromatic nitrogens is 4. The van der Waals surface area contributed by atoms with Gasteiger partial charge in [-0.25, -0.2) is 18.1 Å². The van der Waals surface area contributed by atoms with Crippen molar-refractivity contribution in [1.29, 1.82) is 0 Å². The predicted octanol–water partition coefficient (Wildman–Crippen LogP) is 1.35. The van der Waals surface area contributed by atoms with E-state index in [9.17, 15) is 8.42 Å². The zero-order valence-corrected chi connectivity index (χ0v) is 17.9. The summed E-state index contributed by atoms with van der Waals surface area (Å²) >= 11 is 0. The zero-order chi connectivity index (χ0) is 20.5. The summed E-state index contributed by atoms with van der Waals surface area (Å²) in [4.78, 5) is 13.1. The third kappa shape index (κ3) is 6.48. The van der Waals surface area contributed by atoms with Gasteiger partial charge in [-0.05, 0) is 37.9 Å². The van der Waals surface area contributed by atoms with E-state index in [0.717, 1.165) is 65.0 Å². The highest BCUT2D eigenvalue weighted by molar-refractivity contribution is 7.89. The molecule has 2 aromatic rings. The summed E-state index contributed by atoms with van der Waals surface area (Å²) in [5, 5.41) is 4.27. The SMILES string of the molecule is CCCCNS(=O)(=O)c1ccnc(N2CCN(CCCCn3cccn3)CC2)n1. The number of aryl methyl sites for hydroxylation is 1. The maximum absolute atomic E-state index is 12.4. The van der Waals surface area contributed by atoms with Crippen molar-refractivity contribution in [2.45, 2.75) is 44.2 Å². The number of nitrogens with one attached hydrogen (secondary N) is 1. The average Bonchev–Trinajstić information content (AvgIpc) is 3.25. The van der Waals surface area contributed by atoms with Crippen molar-refractivity contribution in [2.24, 2.45) is 0 Å². The normalized spacial score (nSPS) is 15.7. The molecule has 0 aromatic carbocycles. The second kappa shape index (κ2) is 10.7. The van der Waals surface area contributed by atoms with E-state index in [1.54, 1.807) is 0 Å². The molecule has 0 bridgehead atoms. The molecule has 0 amide bonds. The summed E-state index contributed by atoms with van der Waals surface area (Å²) in [6.45, 7) is 7.92. The van der Waals surface area contributed by atoms with Crippen molar-refractivity contribution < 1.29 is 8.42 Å². The van der Waals surface area contributed by atoms with Gasteiger partial charge < -0.3 is 4.90 Å². The summed E-state index contributed by atoms with van der Waals surface area (Å²) in [6.07, 6.45) is 9.31. The van der Waals surface area contributed by atoms with Crippen molar-refractivity contribution in [3.8, 4) is 0 Å². The Balaban J connectivity index is 1.45. The highest BCUT2D eigenvalue weighted by Gasteiger charge is 2.21. The van der Waals surface area contributed by atoms with E-state index in [0.29, 0.717) is 12.5 Å². The first-order chi connectivity index (χ1) is 14.1. The van der Waals surface area contributed by atoms with E-state index in [2.05, 4.69) is 29.6 Å². The highest BCUT2D eigenvalue weighted by atomic mass is 32.2. The fourth-order valence-corrected chi connectivity index (χ4v) is 4.31. The minimum absolute atomic E-state index is 0.0413. The van der Waals surface area contributed by atoms with Crippen LogP contribution in [0.3, 0.4) is 0 Å². The smallest absolute Gasteiger partial charge is 0.258 e. The second-order valence-electron chi connectivity index (χ2n) is 7.25. The molecule has 0 aliphatic carbocycles. The molecule has 29 heavy (non-hydrogen) atoms. The molecule has 3 heterocycles. The summed E-state index contributed by atoms with van der Waals surface area (Å²) in [5.74, 6) is 0.488. The number of unbranched alkanes of at least 4 members (excludes halogenated alkanes) is 2. The van der Waals surface area contributed by atoms with Gasteiger partial charge in [-0.2, -0.15) is 10.1 Å². The Bertz CT molecular complexity index is 834. The summed E-state index contributed by atoms with van der Waals surface area (Å²) < 4.78 is 29.4. The topological polar surface area (TPSA) is 96.2 Å². The molecule has 1 saturated heterocycles. The summed E-state index contributed by atoms with van der Waals surface area (Å²) in [7, 11) is -3.58. The molecule has 0 spiro atoms. The Labute approximate surface area is 173 Å². The molecule has 0 saturated carbocycles. The minimum atomic E-state index is -3.58. The lowest BCUT2D eigenvalue weighted by Crippen LogP contribution is -2.47. The molecule has 1 aliphatic rings. The van der Waals surface area contributed by atoms with E-state index in [-0.39, 0.29) is 5.03 Å². The molecule has 1 N–H and O–H groups in total. The first-order valence-corrected chi connectivity index (χ1v) is 11.8. The van der Waals surface area contributed by atoms with Crippen LogP contribution >= 0.6 is 0 Å². The lowest BCUT2D eigenvalue weighted by molar-refractivity contribution is 0.249. The van der Waals surface area contributed by atoms with E-state index < -0.39 is 10.0 Å². The Morgan fingerprint density at radius 1 is 1.07 bits per heavy atom. The van der Waals surface area contributed by atoms with E-state index >= 15 is 0 Å². The first-order valence-electron chi connectivity index (χ1n) is 10.4. The lowest BCUT2D eigenvalue weighted by atomic mass is 10.2. The van der Waals surface area contributed by atoms with Crippen LogP contribution in [0.5, 0.6) is 0 Å². The van der Waals surface area contributed by atoms with Gasteiger partial charge in [0, 0.05) is 57.9 Å². The van der Waals surface area contributed by atoms with Gasteiger partial charge in [0.25, 0.3) is 10.0 Å². The molecule has 160 valence electrons. The third-order valence-electron chi connectivity index (χ3n) is 5.04. The van der Waals surface area contributed by atoms with Gasteiger partial charge in [0.1, 0.15) is 0 Å². The van der Waals surface area contributed by atoms with Crippen molar-refractivity contribution in [3.05, 3.63) is 30.7 Å². The number of sulfonamides is 1. The number of hydrogen-bond acceptors (Lipinski definition) is 7. The summed E-state index contributed by atoms with van der Waals surface area (Å²) in [6, 6.07) is 3.40. The molecular formula is C19H31N7O2S. The largest absolute Gasteiger partial charge is 0.338 e. The van der Waals surface area contributed by atoms with Crippen LogP contribution in [0.15, 0.2) is 35.7 Å². The average molecular weight is 422 g/mol. The number of rotatable bonds is 11. The van der Waals surface area contributed by atoms with E-state index in [1.807, 2.05) is 30.1 Å². The van der Waals surface area contributed by atoms with Gasteiger partial charge in [0.05, 0.1) is 0 Å². The molecule has 3 rings (SSSR count). The molecule has 0 unspecified atom stereocenters. The van der Waals surface area contributed by atoms with Gasteiger partial charge in [-0.1, -0.05) is 13.3 Å². The van der Waals surface area contributed by atoms with Crippen LogP contribution in [-0.2, 0) is 16.6 Å². The highest BCUT2D eigenvalue weighted by Crippen LogP contribution is 2.14. The fourth-order valence-electron chi connectivity index (χ4n) is 3.31. The third-order valence-corrected chi connectivity index (χ3v) is 6.40. The van der Waals surface area contributed by atoms with E-state index in [1.165, 1.54) is 12.3 Å². The maximum atomic E-state index is 12.4. The fraction of sp³-hybridized carbons (Fsp3) is 0.632. The Morgan fingerprint density at radius 3 is 2.59 bits per heavy atom. The van der Waals surface area contributed by atoms with Crippen LogP contribution in [0.4, 0.5) is 5.95 Å². The molecule has 2 aromatic heterocycles. The monoisotopic (exact) mass is 421 g/mol. The van der Waals surface area contributed by atoms with Crippen LogP contribution in [-0.4, -0.2) is 72.3 Å². The first kappa shape index (κ1) is 21.7. The number of hydrogen-bond donors (Lipinski definition) is 1. The van der Waals surface area contributed by atoms with Gasteiger partial charge in [-0.15, -0.1) is 0 Å². The van der Waals surface area contributed by atoms with Crippen molar-refractivity contribution >= 4 is 16.0 Å². The Hall–Kier alpha value is -2.04. The van der Waals surface area contributed by atoms with Crippen LogP contribution in [0.25, 0.3) is 0 Å². The van der Waals surface area contributed by atoms with Crippen LogP contribution in [0.2, 0.25) is 0 Å². The maximum Gasteiger partial charge on any atom is 0.258 e. The van der Waals surface area contributed by atoms with Crippen molar-refractivity contribution in [1.82, 2.24) is 29.4 Å². The second-order valence-corrected chi connectivity index (χ2v) is 8.96. The molecule has 10 heteroatoms. The van der Waals surface area contributed by atoms with Crippen molar-refractivity contribution in [3.63, 3.8) is 0 Å². The number of nitrogens with zero attached hydrogens (tertiary/aromatic N) is 6. The van der Waals surface area contributed by atoms with Gasteiger partial charge in [-0.3, -0.25) is 9.58 Å². The van der Waals surface area contributed by atoms with E-state index in [4.69, 9.17) is 0 Å². The van der Waals surface area contributed by atoms with Crippen molar-refractivity contribution in [2.75, 3.05) is 44.2 Å². The Morgan fingerprint density at radius 2 is 1.86 bits per heavy atom. The van der Waals surface area contributed by atoms with Crippen LogP contribution in [0.1, 0.15) is 32.6 Å².